The van der Waals surface area contributed by atoms with Crippen LogP contribution in [0.5, 0.6) is 0 Å². The van der Waals surface area contributed by atoms with E-state index in [1.807, 2.05) is 0 Å². The summed E-state index contributed by atoms with van der Waals surface area (Å²) in [7, 11) is 0. The average Bonchev–Trinajstić information content (AvgIpc) is 2.55. The lowest BCUT2D eigenvalue weighted by molar-refractivity contribution is -0.00508. The van der Waals surface area contributed by atoms with Crippen molar-refractivity contribution in [1.29, 1.82) is 0 Å². The summed E-state index contributed by atoms with van der Waals surface area (Å²) in [6.45, 7) is 2.37. The van der Waals surface area contributed by atoms with Gasteiger partial charge in [-0.1, -0.05) is 49.6 Å². The maximum Gasteiger partial charge on any atom is 0.0583 e. The van der Waals surface area contributed by atoms with Crippen molar-refractivity contribution in [1.82, 2.24) is 4.90 Å². The highest BCUT2D eigenvalue weighted by molar-refractivity contribution is 5.15. The van der Waals surface area contributed by atoms with Gasteiger partial charge in [0.2, 0.25) is 0 Å². The lowest BCUT2D eigenvalue weighted by atomic mass is 9.78. The van der Waals surface area contributed by atoms with Crippen LogP contribution in [0.2, 0.25) is 0 Å². The van der Waals surface area contributed by atoms with E-state index >= 15 is 0 Å². The average molecular weight is 287 g/mol. The zero-order valence-electron chi connectivity index (χ0n) is 13.1. The van der Waals surface area contributed by atoms with E-state index in [4.69, 9.17) is 0 Å². The number of hydrogen-bond acceptors (Lipinski definition) is 2. The molecule has 2 aliphatic rings. The molecular formula is C19H29NO. The fourth-order valence-electron chi connectivity index (χ4n) is 4.29. The minimum Gasteiger partial charge on any atom is -0.393 e. The Bertz CT molecular complexity index is 419. The molecule has 21 heavy (non-hydrogen) atoms. The van der Waals surface area contributed by atoms with E-state index in [-0.39, 0.29) is 6.10 Å². The smallest absolute Gasteiger partial charge is 0.0583 e. The van der Waals surface area contributed by atoms with Crippen molar-refractivity contribution in [3.63, 3.8) is 0 Å². The van der Waals surface area contributed by atoms with Crippen LogP contribution in [0.1, 0.15) is 50.5 Å². The molecular weight excluding hydrogens is 258 g/mol. The van der Waals surface area contributed by atoms with Crippen LogP contribution in [0.4, 0.5) is 0 Å². The topological polar surface area (TPSA) is 23.5 Å². The second kappa shape index (κ2) is 7.42. The van der Waals surface area contributed by atoms with E-state index in [1.54, 1.807) is 0 Å². The number of hydrogen-bond donors (Lipinski definition) is 1. The molecule has 1 aliphatic carbocycles. The first-order chi connectivity index (χ1) is 10.3. The Morgan fingerprint density at radius 1 is 0.952 bits per heavy atom. The molecule has 1 aromatic rings. The number of nitrogens with zero attached hydrogens (tertiary/aromatic N) is 1. The van der Waals surface area contributed by atoms with Crippen LogP contribution in [0.15, 0.2) is 30.3 Å². The van der Waals surface area contributed by atoms with Gasteiger partial charge in [-0.25, -0.2) is 0 Å². The highest BCUT2D eigenvalue weighted by atomic mass is 16.3. The summed E-state index contributed by atoms with van der Waals surface area (Å²) in [5, 5.41) is 10.4. The Labute approximate surface area is 129 Å². The van der Waals surface area contributed by atoms with Crippen molar-refractivity contribution in [3.05, 3.63) is 35.9 Å². The van der Waals surface area contributed by atoms with Gasteiger partial charge in [0, 0.05) is 18.5 Å². The number of benzene rings is 1. The first kappa shape index (κ1) is 15.1. The van der Waals surface area contributed by atoms with Crippen LogP contribution < -0.4 is 0 Å². The molecule has 1 saturated heterocycles. The summed E-state index contributed by atoms with van der Waals surface area (Å²) in [6, 6.07) is 11.4. The van der Waals surface area contributed by atoms with E-state index in [0.29, 0.717) is 12.0 Å². The molecule has 0 amide bonds. The zero-order chi connectivity index (χ0) is 14.5. The largest absolute Gasteiger partial charge is 0.393 e. The first-order valence-electron chi connectivity index (χ1n) is 8.80. The van der Waals surface area contributed by atoms with Crippen LogP contribution in [0.3, 0.4) is 0 Å². The van der Waals surface area contributed by atoms with E-state index in [1.165, 1.54) is 50.6 Å². The molecule has 1 aliphatic heterocycles. The summed E-state index contributed by atoms with van der Waals surface area (Å²) in [5.74, 6) is 0.523. The van der Waals surface area contributed by atoms with Crippen molar-refractivity contribution in [2.75, 3.05) is 13.1 Å². The number of aliphatic hydroxyl groups excluding tert-OH is 1. The van der Waals surface area contributed by atoms with Gasteiger partial charge in [-0.3, -0.25) is 4.90 Å². The molecule has 3 unspecified atom stereocenters. The summed E-state index contributed by atoms with van der Waals surface area (Å²) in [4.78, 5) is 2.68. The van der Waals surface area contributed by atoms with Gasteiger partial charge in [0.15, 0.2) is 0 Å². The van der Waals surface area contributed by atoms with Gasteiger partial charge in [-0.05, 0) is 44.2 Å². The minimum absolute atomic E-state index is 0.0546. The predicted molar refractivity (Wildman–Crippen MR) is 87.3 cm³/mol. The lowest BCUT2D eigenvalue weighted by Crippen LogP contribution is -2.49. The van der Waals surface area contributed by atoms with Gasteiger partial charge < -0.3 is 5.11 Å². The Morgan fingerprint density at radius 3 is 2.52 bits per heavy atom. The van der Waals surface area contributed by atoms with Crippen LogP contribution in [0.25, 0.3) is 0 Å². The second-order valence-electron chi connectivity index (χ2n) is 6.85. The first-order valence-corrected chi connectivity index (χ1v) is 8.80. The number of likely N-dealkylation sites (tertiary alicyclic amines) is 1. The third kappa shape index (κ3) is 3.87. The molecule has 0 aromatic heterocycles. The second-order valence-corrected chi connectivity index (χ2v) is 6.85. The normalized spacial score (nSPS) is 31.2. The highest BCUT2D eigenvalue weighted by Crippen LogP contribution is 2.34. The monoisotopic (exact) mass is 287 g/mol. The zero-order valence-corrected chi connectivity index (χ0v) is 13.1. The van der Waals surface area contributed by atoms with E-state index in [2.05, 4.69) is 35.2 Å². The highest BCUT2D eigenvalue weighted by Gasteiger charge is 2.35. The van der Waals surface area contributed by atoms with E-state index < -0.39 is 0 Å². The third-order valence-corrected chi connectivity index (χ3v) is 5.47. The third-order valence-electron chi connectivity index (χ3n) is 5.47. The standard InChI is InChI=1S/C19H29NO/c21-19-12-5-4-10-17(19)18-11-6-7-14-20(18)15-13-16-8-2-1-3-9-16/h1-3,8-9,17-19,21H,4-7,10-15H2. The molecule has 1 N–H and O–H groups in total. The molecule has 0 bridgehead atoms. The van der Waals surface area contributed by atoms with Crippen molar-refractivity contribution in [2.24, 2.45) is 5.92 Å². The van der Waals surface area contributed by atoms with Gasteiger partial charge in [-0.2, -0.15) is 0 Å². The van der Waals surface area contributed by atoms with Crippen molar-refractivity contribution >= 4 is 0 Å². The van der Waals surface area contributed by atoms with Crippen molar-refractivity contribution in [3.8, 4) is 0 Å². The molecule has 0 spiro atoms. The molecule has 1 saturated carbocycles. The number of rotatable bonds is 4. The number of aliphatic hydroxyl groups is 1. The molecule has 116 valence electrons. The molecule has 2 heteroatoms. The SMILES string of the molecule is OC1CCCCC1C1CCCCN1CCc1ccccc1. The molecule has 2 nitrogen and oxygen atoms in total. The molecule has 3 atom stereocenters. The van der Waals surface area contributed by atoms with Gasteiger partial charge >= 0.3 is 0 Å². The maximum absolute atomic E-state index is 10.4. The maximum atomic E-state index is 10.4. The van der Waals surface area contributed by atoms with Crippen LogP contribution in [-0.2, 0) is 6.42 Å². The summed E-state index contributed by atoms with van der Waals surface area (Å²) >= 11 is 0. The number of piperidine rings is 1. The Balaban J connectivity index is 1.61. The van der Waals surface area contributed by atoms with Gasteiger partial charge in [0.25, 0.3) is 0 Å². The molecule has 1 heterocycles. The van der Waals surface area contributed by atoms with Crippen molar-refractivity contribution in [2.45, 2.75) is 63.5 Å². The van der Waals surface area contributed by atoms with Crippen LogP contribution in [0, 0.1) is 5.92 Å². The van der Waals surface area contributed by atoms with Gasteiger partial charge in [0.1, 0.15) is 0 Å². The Hall–Kier alpha value is -0.860. The van der Waals surface area contributed by atoms with E-state index in [9.17, 15) is 5.11 Å². The lowest BCUT2D eigenvalue weighted by Gasteiger charge is -2.43. The van der Waals surface area contributed by atoms with Crippen LogP contribution >= 0.6 is 0 Å². The van der Waals surface area contributed by atoms with Crippen LogP contribution in [-0.4, -0.2) is 35.2 Å². The molecule has 0 radical (unpaired) electrons. The molecule has 2 fully saturated rings. The summed E-state index contributed by atoms with van der Waals surface area (Å²) < 4.78 is 0. The quantitative estimate of drug-likeness (QED) is 0.914. The predicted octanol–water partition coefficient (Wildman–Crippen LogP) is 3.63. The fraction of sp³-hybridized carbons (Fsp3) is 0.684. The molecule has 3 rings (SSSR count). The Kier molecular flexibility index (Phi) is 5.32. The van der Waals surface area contributed by atoms with E-state index in [0.717, 1.165) is 19.4 Å². The van der Waals surface area contributed by atoms with Crippen molar-refractivity contribution < 1.29 is 5.11 Å². The molecule has 1 aromatic carbocycles. The van der Waals surface area contributed by atoms with Gasteiger partial charge in [-0.15, -0.1) is 0 Å². The van der Waals surface area contributed by atoms with Gasteiger partial charge in [0.05, 0.1) is 6.10 Å². The summed E-state index contributed by atoms with van der Waals surface area (Å²) in [6.07, 6.45) is 9.82. The minimum atomic E-state index is -0.0546. The summed E-state index contributed by atoms with van der Waals surface area (Å²) in [5.41, 5.74) is 1.44. The fourth-order valence-corrected chi connectivity index (χ4v) is 4.29. The Morgan fingerprint density at radius 2 is 1.71 bits per heavy atom.